The van der Waals surface area contributed by atoms with Crippen molar-refractivity contribution in [1.82, 2.24) is 19.1 Å². The van der Waals surface area contributed by atoms with Gasteiger partial charge in [0.25, 0.3) is 19.4 Å². The number of aromatic nitrogens is 4. The van der Waals surface area contributed by atoms with Gasteiger partial charge in [-0.1, -0.05) is 99.6 Å². The Labute approximate surface area is 377 Å². The summed E-state index contributed by atoms with van der Waals surface area (Å²) >= 11 is 0. The summed E-state index contributed by atoms with van der Waals surface area (Å²) in [4.78, 5) is 68.9. The minimum atomic E-state index is -4.09. The first kappa shape index (κ1) is 47.7. The van der Waals surface area contributed by atoms with Gasteiger partial charge < -0.3 is 28.3 Å². The van der Waals surface area contributed by atoms with Gasteiger partial charge in [-0.3, -0.25) is 33.3 Å². The fraction of sp³-hybridized carbons (Fsp3) is 0.426. The third-order valence-electron chi connectivity index (χ3n) is 12.4. The molecule has 0 aliphatic carbocycles. The number of benzene rings is 3. The molecule has 7 rings (SSSR count). The van der Waals surface area contributed by atoms with E-state index in [1.165, 1.54) is 21.5 Å². The van der Waals surface area contributed by atoms with Gasteiger partial charge in [-0.2, -0.15) is 0 Å². The van der Waals surface area contributed by atoms with Crippen LogP contribution in [0, 0.1) is 19.8 Å². The molecule has 0 spiro atoms. The van der Waals surface area contributed by atoms with Crippen molar-refractivity contribution >= 4 is 32.0 Å². The summed E-state index contributed by atoms with van der Waals surface area (Å²) in [5.74, 6) is -3.19. The number of aliphatic hydroxyl groups excluding tert-OH is 1. The maximum Gasteiger partial charge on any atom is 0.338 e. The van der Waals surface area contributed by atoms with E-state index < -0.39 is 91.7 Å². The van der Waals surface area contributed by atoms with Gasteiger partial charge in [0.2, 0.25) is 7.37 Å². The first-order chi connectivity index (χ1) is 31.0. The molecule has 4 heterocycles. The molecule has 346 valence electrons. The van der Waals surface area contributed by atoms with Crippen LogP contribution in [0.5, 0.6) is 0 Å². The molecule has 0 amide bonds. The minimum Gasteiger partial charge on any atom is -0.456 e. The minimum absolute atomic E-state index is 0.00614. The lowest BCUT2D eigenvalue weighted by Gasteiger charge is -2.44. The van der Waals surface area contributed by atoms with Crippen molar-refractivity contribution in [3.05, 3.63) is 162 Å². The molecule has 16 nitrogen and oxygen atoms in total. The molecule has 8 atom stereocenters. The van der Waals surface area contributed by atoms with Gasteiger partial charge in [-0.05, 0) is 54.7 Å². The van der Waals surface area contributed by atoms with Crippen LogP contribution in [0.25, 0.3) is 0 Å². The monoisotopic (exact) mass is 928 g/mol. The van der Waals surface area contributed by atoms with Gasteiger partial charge >= 0.3 is 17.3 Å². The molecule has 5 aromatic rings. The first-order valence-corrected chi connectivity index (χ1v) is 25.6. The van der Waals surface area contributed by atoms with Crippen LogP contribution >= 0.6 is 7.37 Å². The highest BCUT2D eigenvalue weighted by atomic mass is 31.2. The van der Waals surface area contributed by atoms with E-state index in [0.717, 1.165) is 10.4 Å². The molecule has 2 saturated heterocycles. The van der Waals surface area contributed by atoms with Gasteiger partial charge in [-0.25, -0.2) is 14.4 Å². The number of nitrogens with zero attached hydrogens (tertiary/aromatic N) is 2. The lowest BCUT2D eigenvalue weighted by atomic mass is 10.0. The van der Waals surface area contributed by atoms with E-state index in [9.17, 15) is 29.1 Å². The standard InChI is InChI=1S/C47H57N4O12PSi/c1-7-59-64(58,24-23-36-37(63-43(54)32-17-11-8-12-18-32)26-40(61-36)51-28-31(3)42(53)49-46(51)57)44(55)35-25-39(50-27-30(2)41(52)48-45(50)56)62-38(35)29-60-65(47(4,5)6,33-19-13-9-14-20-33)34-21-15-10-16-22-34/h8-22,27-28,35-40,44,55H,7,23-26,29H2,1-6H3,(H,48,52,56)(H,49,53,57)/t35-,36+,37-,38+,39+,40+,44?,64?/m0/s1. The van der Waals surface area contributed by atoms with Crippen LogP contribution in [0.1, 0.15) is 80.9 Å². The molecule has 0 saturated carbocycles. The number of hydrogen-bond donors (Lipinski definition) is 3. The van der Waals surface area contributed by atoms with E-state index in [1.807, 2.05) is 36.4 Å². The lowest BCUT2D eigenvalue weighted by molar-refractivity contribution is -0.0375. The number of hydrogen-bond acceptors (Lipinski definition) is 12. The second-order valence-electron chi connectivity index (χ2n) is 17.7. The van der Waals surface area contributed by atoms with Gasteiger partial charge in [0.05, 0.1) is 31.0 Å². The summed E-state index contributed by atoms with van der Waals surface area (Å²) < 4.78 is 50.1. The second-order valence-corrected chi connectivity index (χ2v) is 24.7. The highest BCUT2D eigenvalue weighted by molar-refractivity contribution is 7.59. The number of aryl methyl sites for hydroxylation is 2. The molecule has 2 aromatic heterocycles. The van der Waals surface area contributed by atoms with Gasteiger partial charge in [-0.15, -0.1) is 0 Å². The maximum absolute atomic E-state index is 15.3. The predicted molar refractivity (Wildman–Crippen MR) is 247 cm³/mol. The van der Waals surface area contributed by atoms with Crippen molar-refractivity contribution < 1.29 is 37.6 Å². The average Bonchev–Trinajstić information content (AvgIpc) is 3.90. The van der Waals surface area contributed by atoms with E-state index in [4.69, 9.17) is 23.2 Å². The van der Waals surface area contributed by atoms with Crippen LogP contribution in [0.2, 0.25) is 5.04 Å². The van der Waals surface area contributed by atoms with Crippen molar-refractivity contribution in [2.24, 2.45) is 5.92 Å². The number of esters is 1. The highest BCUT2D eigenvalue weighted by Crippen LogP contribution is 2.58. The molecule has 2 unspecified atom stereocenters. The van der Waals surface area contributed by atoms with Crippen molar-refractivity contribution in [3.63, 3.8) is 0 Å². The van der Waals surface area contributed by atoms with E-state index in [2.05, 4.69) is 55.0 Å². The number of aromatic amines is 2. The third-order valence-corrected chi connectivity index (χ3v) is 20.2. The summed E-state index contributed by atoms with van der Waals surface area (Å²) in [7, 11) is -7.27. The van der Waals surface area contributed by atoms with Crippen LogP contribution in [0.3, 0.4) is 0 Å². The molecule has 0 bridgehead atoms. The van der Waals surface area contributed by atoms with Crippen molar-refractivity contribution in [1.29, 1.82) is 0 Å². The number of carbonyl (C=O) groups excluding carboxylic acids is 1. The second kappa shape index (κ2) is 19.7. The van der Waals surface area contributed by atoms with Gasteiger partial charge in [0, 0.05) is 48.4 Å². The number of rotatable bonds is 16. The topological polar surface area (TPSA) is 210 Å². The Kier molecular flexibility index (Phi) is 14.4. The lowest BCUT2D eigenvalue weighted by Crippen LogP contribution is -2.67. The fourth-order valence-electron chi connectivity index (χ4n) is 9.09. The molecule has 2 aliphatic heterocycles. The van der Waals surface area contributed by atoms with Crippen molar-refractivity contribution in [3.8, 4) is 0 Å². The predicted octanol–water partition coefficient (Wildman–Crippen LogP) is 4.72. The Balaban J connectivity index is 1.22. The zero-order valence-corrected chi connectivity index (χ0v) is 39.3. The number of ether oxygens (including phenoxy) is 3. The molecule has 3 N–H and O–H groups in total. The van der Waals surface area contributed by atoms with Crippen LogP contribution < -0.4 is 32.9 Å². The van der Waals surface area contributed by atoms with E-state index in [0.29, 0.717) is 5.56 Å². The number of H-pyrrole nitrogens is 2. The summed E-state index contributed by atoms with van der Waals surface area (Å²) in [6.07, 6.45) is -2.17. The molecule has 3 aromatic carbocycles. The van der Waals surface area contributed by atoms with Crippen LogP contribution in [-0.2, 0) is 27.7 Å². The van der Waals surface area contributed by atoms with Crippen molar-refractivity contribution in [2.45, 2.75) is 102 Å². The third kappa shape index (κ3) is 9.97. The molecule has 2 aliphatic rings. The van der Waals surface area contributed by atoms with Crippen LogP contribution in [-0.4, -0.2) is 82.0 Å². The van der Waals surface area contributed by atoms with Gasteiger partial charge in [0.15, 0.2) is 0 Å². The highest BCUT2D eigenvalue weighted by Gasteiger charge is 2.54. The SMILES string of the molecule is CCOP(=O)(CC[C@H]1O[C@@H](n2cc(C)c(=O)[nH]c2=O)C[C@@H]1OC(=O)c1ccccc1)C(O)[C@H]1C[C@H](n2cc(C)c(=O)[nH]c2=O)O[C@@H]1CO[Si](c1ccccc1)(c1ccccc1)C(C)(C)C. The molecule has 65 heavy (non-hydrogen) atoms. The van der Waals surface area contributed by atoms with Crippen LogP contribution in [0.4, 0.5) is 0 Å². The fourth-order valence-corrected chi connectivity index (χ4v) is 16.2. The first-order valence-electron chi connectivity index (χ1n) is 21.8. The smallest absolute Gasteiger partial charge is 0.338 e. The Hall–Kier alpha value is -5.26. The zero-order chi connectivity index (χ0) is 46.7. The molecule has 2 fully saturated rings. The quantitative estimate of drug-likeness (QED) is 0.0698. The van der Waals surface area contributed by atoms with E-state index in [-0.39, 0.29) is 49.8 Å². The average molecular weight is 929 g/mol. The van der Waals surface area contributed by atoms with Crippen LogP contribution in [0.15, 0.2) is 123 Å². The summed E-state index contributed by atoms with van der Waals surface area (Å²) in [5, 5.41) is 14.1. The number of aliphatic hydroxyl groups is 1. The van der Waals surface area contributed by atoms with Crippen molar-refractivity contribution in [2.75, 3.05) is 19.4 Å². The zero-order valence-electron chi connectivity index (χ0n) is 37.4. The summed E-state index contributed by atoms with van der Waals surface area (Å²) in [6.45, 7) is 11.1. The number of carbonyl (C=O) groups is 1. The summed E-state index contributed by atoms with van der Waals surface area (Å²) in [5.41, 5.74) is -1.68. The Morgan fingerprint density at radius 3 is 1.80 bits per heavy atom. The molecular weight excluding hydrogens is 872 g/mol. The largest absolute Gasteiger partial charge is 0.456 e. The summed E-state index contributed by atoms with van der Waals surface area (Å²) in [6, 6.07) is 28.3. The molecule has 0 radical (unpaired) electrons. The Morgan fingerprint density at radius 2 is 1.29 bits per heavy atom. The van der Waals surface area contributed by atoms with E-state index in [1.54, 1.807) is 51.1 Å². The number of nitrogens with one attached hydrogen (secondary N) is 2. The normalized spacial score (nSPS) is 22.6. The molecular formula is C47H57N4O12PSi. The Morgan fingerprint density at radius 1 is 0.800 bits per heavy atom. The Bertz CT molecular complexity index is 2700. The maximum atomic E-state index is 15.3. The van der Waals surface area contributed by atoms with Gasteiger partial charge in [0.1, 0.15) is 24.4 Å². The van der Waals surface area contributed by atoms with E-state index >= 15 is 4.57 Å². The molecule has 18 heteroatoms.